The molecule has 264 valence electrons. The molecule has 3 aliphatic rings. The molecule has 1 aliphatic carbocycles. The van der Waals surface area contributed by atoms with E-state index in [9.17, 15) is 0 Å². The monoisotopic (exact) mass is 708 g/mol. The molecular formula is C52H40N2O. The number of fused-ring (bicyclic) bond motifs is 8. The van der Waals surface area contributed by atoms with Gasteiger partial charge in [0.15, 0.2) is 11.5 Å². The second-order valence-corrected chi connectivity index (χ2v) is 16.2. The van der Waals surface area contributed by atoms with Crippen LogP contribution >= 0.6 is 0 Å². The zero-order valence-electron chi connectivity index (χ0n) is 31.5. The van der Waals surface area contributed by atoms with Gasteiger partial charge in [-0.05, 0) is 111 Å². The molecule has 0 saturated carbocycles. The molecule has 8 aromatic carbocycles. The van der Waals surface area contributed by atoms with Crippen LogP contribution in [0.15, 0.2) is 170 Å². The summed E-state index contributed by atoms with van der Waals surface area (Å²) < 4.78 is 6.80. The first-order valence-corrected chi connectivity index (χ1v) is 19.3. The van der Waals surface area contributed by atoms with Crippen LogP contribution in [0.2, 0.25) is 0 Å². The van der Waals surface area contributed by atoms with Crippen LogP contribution in [0.25, 0.3) is 33.0 Å². The average molecular weight is 709 g/mol. The Labute approximate surface area is 322 Å². The summed E-state index contributed by atoms with van der Waals surface area (Å²) in [5, 5.41) is 2.43. The molecule has 0 N–H and O–H groups in total. The lowest BCUT2D eigenvalue weighted by molar-refractivity contribution is 0.471. The van der Waals surface area contributed by atoms with Gasteiger partial charge in [0.25, 0.3) is 0 Å². The molecule has 0 aromatic heterocycles. The van der Waals surface area contributed by atoms with Crippen LogP contribution < -0.4 is 14.5 Å². The fraction of sp³-hybridized carbons (Fsp3) is 0.115. The number of para-hydroxylation sites is 3. The van der Waals surface area contributed by atoms with Crippen molar-refractivity contribution in [2.45, 2.75) is 38.5 Å². The lowest BCUT2D eigenvalue weighted by Gasteiger charge is -2.45. The maximum Gasteiger partial charge on any atom is 0.152 e. The summed E-state index contributed by atoms with van der Waals surface area (Å²) in [4.78, 5) is 4.85. The first kappa shape index (κ1) is 31.9. The van der Waals surface area contributed by atoms with Gasteiger partial charge in [0.1, 0.15) is 0 Å². The highest BCUT2D eigenvalue weighted by Crippen LogP contribution is 2.60. The van der Waals surface area contributed by atoms with E-state index >= 15 is 0 Å². The number of benzene rings is 8. The Kier molecular flexibility index (Phi) is 6.65. The van der Waals surface area contributed by atoms with E-state index in [0.29, 0.717) is 0 Å². The second-order valence-electron chi connectivity index (χ2n) is 16.2. The maximum absolute atomic E-state index is 6.80. The Morgan fingerprint density at radius 1 is 0.455 bits per heavy atom. The summed E-state index contributed by atoms with van der Waals surface area (Å²) in [5.41, 5.74) is 16.6. The van der Waals surface area contributed by atoms with Crippen molar-refractivity contribution in [1.82, 2.24) is 0 Å². The van der Waals surface area contributed by atoms with Gasteiger partial charge in [-0.1, -0.05) is 137 Å². The molecule has 3 heteroatoms. The summed E-state index contributed by atoms with van der Waals surface area (Å²) >= 11 is 0. The molecule has 0 bridgehead atoms. The number of rotatable bonds is 4. The van der Waals surface area contributed by atoms with Gasteiger partial charge in [-0.25, -0.2) is 0 Å². The fourth-order valence-electron chi connectivity index (χ4n) is 9.61. The quantitative estimate of drug-likeness (QED) is 0.181. The van der Waals surface area contributed by atoms with Crippen LogP contribution in [-0.4, -0.2) is 0 Å². The van der Waals surface area contributed by atoms with Gasteiger partial charge < -0.3 is 14.5 Å². The van der Waals surface area contributed by atoms with E-state index in [0.717, 1.165) is 51.1 Å². The average Bonchev–Trinajstić information content (AvgIpc) is 3.45. The molecule has 0 amide bonds. The smallest absolute Gasteiger partial charge is 0.152 e. The number of ether oxygens (including phenoxy) is 1. The van der Waals surface area contributed by atoms with E-state index in [1.54, 1.807) is 0 Å². The van der Waals surface area contributed by atoms with E-state index in [1.165, 1.54) is 49.8 Å². The van der Waals surface area contributed by atoms with Crippen molar-refractivity contribution < 1.29 is 4.74 Å². The highest BCUT2D eigenvalue weighted by molar-refractivity contribution is 6.00. The Balaban J connectivity index is 1.11. The summed E-state index contributed by atoms with van der Waals surface area (Å²) in [6, 6.07) is 62.1. The van der Waals surface area contributed by atoms with Crippen LogP contribution in [0.4, 0.5) is 34.1 Å². The molecule has 0 spiro atoms. The first-order chi connectivity index (χ1) is 26.8. The van der Waals surface area contributed by atoms with Crippen molar-refractivity contribution in [3.05, 3.63) is 192 Å². The molecule has 11 rings (SSSR count). The topological polar surface area (TPSA) is 15.7 Å². The Hall–Kier alpha value is -6.58. The highest BCUT2D eigenvalue weighted by Gasteiger charge is 2.42. The third-order valence-corrected chi connectivity index (χ3v) is 12.4. The van der Waals surface area contributed by atoms with Crippen molar-refractivity contribution >= 4 is 44.9 Å². The number of anilines is 6. The molecule has 0 unspecified atom stereocenters. The second kappa shape index (κ2) is 11.5. The van der Waals surface area contributed by atoms with Gasteiger partial charge in [0.2, 0.25) is 0 Å². The third-order valence-electron chi connectivity index (χ3n) is 12.4. The van der Waals surface area contributed by atoms with Gasteiger partial charge >= 0.3 is 0 Å². The summed E-state index contributed by atoms with van der Waals surface area (Å²) in [6.45, 7) is 9.40. The van der Waals surface area contributed by atoms with E-state index in [1.807, 2.05) is 0 Å². The standard InChI is InChI=1S/C52H40N2O/c1-51(2)41-21-8-7-20-39(41)40-28-27-37(32-43(40)51)53(45-25-14-16-33-15-5-6-19-38(33)45)36-18-13-17-34(29-36)35-30-44-50-49(31-35)55-48-26-12-11-24-47(48)54(50)46-23-10-9-22-42(46)52(44,3)4/h5-32H,1-4H3. The molecule has 55 heavy (non-hydrogen) atoms. The van der Waals surface area contributed by atoms with Gasteiger partial charge in [0, 0.05) is 27.6 Å². The summed E-state index contributed by atoms with van der Waals surface area (Å²) in [5.74, 6) is 1.75. The minimum atomic E-state index is -0.246. The van der Waals surface area contributed by atoms with E-state index in [-0.39, 0.29) is 10.8 Å². The van der Waals surface area contributed by atoms with Crippen molar-refractivity contribution in [1.29, 1.82) is 0 Å². The molecular weight excluding hydrogens is 669 g/mol. The Morgan fingerprint density at radius 2 is 1.13 bits per heavy atom. The van der Waals surface area contributed by atoms with Crippen molar-refractivity contribution in [2.75, 3.05) is 9.80 Å². The highest BCUT2D eigenvalue weighted by atomic mass is 16.5. The van der Waals surface area contributed by atoms with Gasteiger partial charge in [-0.15, -0.1) is 0 Å². The SMILES string of the molecule is CC1(C)c2ccccc2-c2ccc(N(c3cccc(-c4cc5c6c(c4)C(C)(C)c4ccccc4N6c4ccccc4O5)c3)c3cccc4ccccc34)cc21. The predicted octanol–water partition coefficient (Wildman–Crippen LogP) is 14.5. The molecule has 0 atom stereocenters. The molecule has 2 aliphatic heterocycles. The van der Waals surface area contributed by atoms with Crippen LogP contribution in [0, 0.1) is 0 Å². The van der Waals surface area contributed by atoms with Gasteiger partial charge in [-0.3, -0.25) is 0 Å². The van der Waals surface area contributed by atoms with E-state index < -0.39 is 0 Å². The van der Waals surface area contributed by atoms with Crippen molar-refractivity contribution in [2.24, 2.45) is 0 Å². The predicted molar refractivity (Wildman–Crippen MR) is 229 cm³/mol. The molecule has 0 radical (unpaired) electrons. The minimum Gasteiger partial charge on any atom is -0.453 e. The zero-order valence-corrected chi connectivity index (χ0v) is 31.5. The van der Waals surface area contributed by atoms with E-state index in [4.69, 9.17) is 4.74 Å². The fourth-order valence-corrected chi connectivity index (χ4v) is 9.61. The molecule has 0 saturated heterocycles. The van der Waals surface area contributed by atoms with E-state index in [2.05, 4.69) is 207 Å². The van der Waals surface area contributed by atoms with Crippen molar-refractivity contribution in [3.63, 3.8) is 0 Å². The summed E-state index contributed by atoms with van der Waals surface area (Å²) in [7, 11) is 0. The Morgan fingerprint density at radius 3 is 2.02 bits per heavy atom. The molecule has 0 fully saturated rings. The van der Waals surface area contributed by atoms with Crippen LogP contribution in [-0.2, 0) is 10.8 Å². The molecule has 8 aromatic rings. The van der Waals surface area contributed by atoms with Gasteiger partial charge in [-0.2, -0.15) is 0 Å². The summed E-state index contributed by atoms with van der Waals surface area (Å²) in [6.07, 6.45) is 0. The number of nitrogens with zero attached hydrogens (tertiary/aromatic N) is 2. The lowest BCUT2D eigenvalue weighted by Crippen LogP contribution is -2.32. The Bertz CT molecular complexity index is 2880. The maximum atomic E-state index is 6.80. The molecule has 2 heterocycles. The van der Waals surface area contributed by atoms with Crippen LogP contribution in [0.5, 0.6) is 11.5 Å². The van der Waals surface area contributed by atoms with Gasteiger partial charge in [0.05, 0.1) is 22.7 Å². The third kappa shape index (κ3) is 4.56. The normalized spacial score (nSPS) is 14.9. The van der Waals surface area contributed by atoms with Crippen LogP contribution in [0.3, 0.4) is 0 Å². The zero-order chi connectivity index (χ0) is 37.1. The number of hydrogen-bond acceptors (Lipinski definition) is 3. The largest absolute Gasteiger partial charge is 0.453 e. The van der Waals surface area contributed by atoms with Crippen LogP contribution in [0.1, 0.15) is 49.9 Å². The van der Waals surface area contributed by atoms with Crippen molar-refractivity contribution in [3.8, 4) is 33.8 Å². The first-order valence-electron chi connectivity index (χ1n) is 19.3. The number of hydrogen-bond donors (Lipinski definition) is 0. The lowest BCUT2D eigenvalue weighted by atomic mass is 9.72. The molecule has 3 nitrogen and oxygen atoms in total. The minimum absolute atomic E-state index is 0.114.